The molecule has 0 bridgehead atoms. The summed E-state index contributed by atoms with van der Waals surface area (Å²) in [4.78, 5) is 26.2. The number of unbranched alkanes of at least 4 members (excludes halogenated alkanes) is 1. The first-order valence-electron chi connectivity index (χ1n) is 11.9. The number of anilines is 1. The predicted octanol–water partition coefficient (Wildman–Crippen LogP) is 6.49. The van der Waals surface area contributed by atoms with Gasteiger partial charge in [0.15, 0.2) is 0 Å². The molecule has 0 aliphatic heterocycles. The van der Waals surface area contributed by atoms with Gasteiger partial charge in [-0.15, -0.1) is 11.3 Å². The summed E-state index contributed by atoms with van der Waals surface area (Å²) in [6.07, 6.45) is 3.94. The number of hydrogen-bond acceptors (Lipinski definition) is 5. The summed E-state index contributed by atoms with van der Waals surface area (Å²) in [7, 11) is 2.19. The molecule has 33 heavy (non-hydrogen) atoms. The molecule has 7 heteroatoms. The lowest BCUT2D eigenvalue weighted by Gasteiger charge is -2.13. The second kappa shape index (κ2) is 12.6. The number of aromatic amines is 2. The number of aryl methyl sites for hydroxylation is 2. The number of rotatable bonds is 6. The Kier molecular flexibility index (Phi) is 10.1. The second-order valence-corrected chi connectivity index (χ2v) is 9.01. The Balaban J connectivity index is 0.000000299. The first-order valence-corrected chi connectivity index (χ1v) is 12.8. The number of nitrogens with zero attached hydrogens (tertiary/aromatic N) is 2. The Bertz CT molecular complexity index is 1220. The van der Waals surface area contributed by atoms with Crippen LogP contribution in [0, 0.1) is 13.8 Å². The van der Waals surface area contributed by atoms with Gasteiger partial charge in [0.2, 0.25) is 0 Å². The fourth-order valence-corrected chi connectivity index (χ4v) is 4.64. The second-order valence-electron chi connectivity index (χ2n) is 8.13. The van der Waals surface area contributed by atoms with Crippen LogP contribution >= 0.6 is 11.3 Å². The van der Waals surface area contributed by atoms with Crippen molar-refractivity contribution in [3.8, 4) is 11.4 Å². The van der Waals surface area contributed by atoms with Gasteiger partial charge in [0.25, 0.3) is 5.56 Å². The molecule has 0 aliphatic carbocycles. The summed E-state index contributed by atoms with van der Waals surface area (Å²) in [6.45, 7) is 15.0. The minimum Gasteiger partial charge on any atom is -0.397 e. The summed E-state index contributed by atoms with van der Waals surface area (Å²) >= 11 is 1.49. The van der Waals surface area contributed by atoms with E-state index in [1.807, 2.05) is 51.3 Å². The van der Waals surface area contributed by atoms with Crippen LogP contribution in [0.2, 0.25) is 0 Å². The van der Waals surface area contributed by atoms with Crippen molar-refractivity contribution < 1.29 is 0 Å². The van der Waals surface area contributed by atoms with Crippen LogP contribution in [0.1, 0.15) is 58.1 Å². The van der Waals surface area contributed by atoms with Gasteiger partial charge in [0.05, 0.1) is 16.7 Å². The highest BCUT2D eigenvalue weighted by Crippen LogP contribution is 2.33. The van der Waals surface area contributed by atoms with Crippen molar-refractivity contribution in [3.63, 3.8) is 0 Å². The van der Waals surface area contributed by atoms with E-state index in [0.29, 0.717) is 17.1 Å². The Morgan fingerprint density at radius 3 is 2.48 bits per heavy atom. The van der Waals surface area contributed by atoms with Crippen molar-refractivity contribution in [2.24, 2.45) is 0 Å². The first kappa shape index (κ1) is 26.6. The summed E-state index contributed by atoms with van der Waals surface area (Å²) in [5.41, 5.74) is 10.9. The van der Waals surface area contributed by atoms with E-state index in [9.17, 15) is 4.79 Å². The molecule has 0 spiro atoms. The molecule has 0 amide bonds. The maximum atomic E-state index is 12.4. The standard InChI is InChI=1S/C16H14N4OS.C8H19N.C2H6/c1-7-3-4-9-10(5-7)19-14(18-9)12-13(17)11-8(2)6-22-16(11)20-15(12)21;1-4-6-8-9(3)7-5-2;1-2/h3-6H,1-2H3,(H,18,19)(H3,17,20,21);4-8H2,1-3H3;1-2H3. The fourth-order valence-electron chi connectivity index (χ4n) is 3.68. The van der Waals surface area contributed by atoms with E-state index >= 15 is 0 Å². The smallest absolute Gasteiger partial charge is 0.262 e. The van der Waals surface area contributed by atoms with Crippen molar-refractivity contribution in [1.29, 1.82) is 0 Å². The Hall–Kier alpha value is -2.64. The summed E-state index contributed by atoms with van der Waals surface area (Å²) < 4.78 is 0. The third-order valence-electron chi connectivity index (χ3n) is 5.34. The van der Waals surface area contributed by atoms with Gasteiger partial charge >= 0.3 is 0 Å². The number of hydrogen-bond donors (Lipinski definition) is 3. The van der Waals surface area contributed by atoms with E-state index in [4.69, 9.17) is 5.73 Å². The van der Waals surface area contributed by atoms with Gasteiger partial charge in [-0.3, -0.25) is 4.79 Å². The zero-order chi connectivity index (χ0) is 24.5. The maximum Gasteiger partial charge on any atom is 0.262 e. The highest BCUT2D eigenvalue weighted by atomic mass is 32.1. The number of H-pyrrole nitrogens is 2. The van der Waals surface area contributed by atoms with Gasteiger partial charge in [-0.25, -0.2) is 4.98 Å². The zero-order valence-electron chi connectivity index (χ0n) is 21.1. The molecule has 6 nitrogen and oxygen atoms in total. The number of aromatic nitrogens is 3. The average molecular weight is 470 g/mol. The lowest BCUT2D eigenvalue weighted by molar-refractivity contribution is 0.329. The van der Waals surface area contributed by atoms with Crippen molar-refractivity contribution in [2.75, 3.05) is 25.9 Å². The van der Waals surface area contributed by atoms with E-state index in [1.165, 1.54) is 43.7 Å². The van der Waals surface area contributed by atoms with Crippen molar-refractivity contribution >= 4 is 38.3 Å². The third kappa shape index (κ3) is 6.45. The van der Waals surface area contributed by atoms with E-state index in [2.05, 4.69) is 40.7 Å². The van der Waals surface area contributed by atoms with Crippen LogP contribution in [0.5, 0.6) is 0 Å². The highest BCUT2D eigenvalue weighted by Gasteiger charge is 2.17. The first-order chi connectivity index (χ1) is 15.8. The molecule has 4 rings (SSSR count). The van der Waals surface area contributed by atoms with E-state index in [0.717, 1.165) is 32.4 Å². The van der Waals surface area contributed by atoms with Gasteiger partial charge in [-0.1, -0.05) is 40.2 Å². The number of pyridine rings is 1. The normalized spacial score (nSPS) is 10.8. The molecule has 3 heterocycles. The Labute approximate surface area is 201 Å². The molecule has 0 unspecified atom stereocenters. The van der Waals surface area contributed by atoms with Crippen LogP contribution in [-0.2, 0) is 0 Å². The number of imidazole rings is 1. The van der Waals surface area contributed by atoms with Crippen molar-refractivity contribution in [1.82, 2.24) is 19.9 Å². The number of benzene rings is 1. The molecule has 3 aromatic heterocycles. The molecule has 0 radical (unpaired) electrons. The van der Waals surface area contributed by atoms with E-state index in [1.54, 1.807) is 0 Å². The molecule has 0 atom stereocenters. The average Bonchev–Trinajstić information content (AvgIpc) is 3.37. The highest BCUT2D eigenvalue weighted by molar-refractivity contribution is 7.17. The minimum absolute atomic E-state index is 0.220. The predicted molar refractivity (Wildman–Crippen MR) is 145 cm³/mol. The van der Waals surface area contributed by atoms with Gasteiger partial charge in [-0.05, 0) is 75.5 Å². The third-order valence-corrected chi connectivity index (χ3v) is 6.35. The molecule has 0 saturated heterocycles. The molecule has 0 saturated carbocycles. The molecule has 4 aromatic rings. The number of nitrogens with one attached hydrogen (secondary N) is 2. The van der Waals surface area contributed by atoms with Gasteiger partial charge in [0.1, 0.15) is 16.2 Å². The van der Waals surface area contributed by atoms with E-state index in [-0.39, 0.29) is 5.56 Å². The van der Waals surface area contributed by atoms with Crippen LogP contribution in [-0.4, -0.2) is 40.0 Å². The SMILES string of the molecule is CC.CCCCN(C)CCC.Cc1ccc2nc(-c3c(N)c4c(C)csc4[nH]c3=O)[nH]c2c1. The van der Waals surface area contributed by atoms with Crippen LogP contribution in [0.15, 0.2) is 28.4 Å². The maximum absolute atomic E-state index is 12.4. The molecule has 0 aliphatic rings. The number of nitrogen functional groups attached to an aromatic ring is 1. The van der Waals surface area contributed by atoms with Crippen molar-refractivity contribution in [2.45, 2.75) is 60.8 Å². The summed E-state index contributed by atoms with van der Waals surface area (Å²) in [6, 6.07) is 5.93. The monoisotopic (exact) mass is 469 g/mol. The molecule has 0 fully saturated rings. The molecule has 4 N–H and O–H groups in total. The Morgan fingerprint density at radius 1 is 1.09 bits per heavy atom. The fraction of sp³-hybridized carbons (Fsp3) is 0.462. The lowest BCUT2D eigenvalue weighted by atomic mass is 10.1. The topological polar surface area (TPSA) is 90.8 Å². The number of nitrogens with two attached hydrogens (primary N) is 1. The Morgan fingerprint density at radius 2 is 1.82 bits per heavy atom. The quantitative estimate of drug-likeness (QED) is 0.301. The molecular formula is C26H39N5OS. The molecule has 180 valence electrons. The molecular weight excluding hydrogens is 430 g/mol. The van der Waals surface area contributed by atoms with Crippen LogP contribution in [0.25, 0.3) is 32.6 Å². The van der Waals surface area contributed by atoms with Crippen LogP contribution < -0.4 is 11.3 Å². The van der Waals surface area contributed by atoms with Crippen LogP contribution in [0.3, 0.4) is 0 Å². The molecule has 1 aromatic carbocycles. The van der Waals surface area contributed by atoms with Gasteiger partial charge in [0, 0.05) is 5.39 Å². The lowest BCUT2D eigenvalue weighted by Crippen LogP contribution is -2.19. The van der Waals surface area contributed by atoms with E-state index < -0.39 is 0 Å². The number of fused-ring (bicyclic) bond motifs is 2. The zero-order valence-corrected chi connectivity index (χ0v) is 21.9. The van der Waals surface area contributed by atoms with Crippen LogP contribution in [0.4, 0.5) is 5.69 Å². The largest absolute Gasteiger partial charge is 0.397 e. The van der Waals surface area contributed by atoms with Gasteiger partial charge in [-0.2, -0.15) is 0 Å². The summed E-state index contributed by atoms with van der Waals surface area (Å²) in [5.74, 6) is 0.506. The number of thiophene rings is 1. The van der Waals surface area contributed by atoms with Crippen molar-refractivity contribution in [3.05, 3.63) is 45.1 Å². The van der Waals surface area contributed by atoms with Gasteiger partial charge < -0.3 is 20.6 Å². The summed E-state index contributed by atoms with van der Waals surface area (Å²) in [5, 5.41) is 2.89. The minimum atomic E-state index is -0.220.